The summed E-state index contributed by atoms with van der Waals surface area (Å²) in [5, 5.41) is 3.25. The van der Waals surface area contributed by atoms with E-state index in [1.165, 1.54) is 74.8 Å². The molecule has 2 aliphatic rings. The molecule has 0 unspecified atom stereocenters. The van der Waals surface area contributed by atoms with Crippen molar-refractivity contribution < 1.29 is 0 Å². The summed E-state index contributed by atoms with van der Waals surface area (Å²) in [6, 6.07) is 7.00. The number of rotatable bonds is 3. The Morgan fingerprint density at radius 1 is 1.05 bits per heavy atom. The number of nitrogens with one attached hydrogen (secondary N) is 1. The Morgan fingerprint density at radius 2 is 1.76 bits per heavy atom. The molecule has 1 aromatic rings. The summed E-state index contributed by atoms with van der Waals surface area (Å²) in [6.07, 6.45) is 10.2. The van der Waals surface area contributed by atoms with Gasteiger partial charge in [0.2, 0.25) is 0 Å². The van der Waals surface area contributed by atoms with Crippen molar-refractivity contribution >= 4 is 5.69 Å². The summed E-state index contributed by atoms with van der Waals surface area (Å²) in [5.41, 5.74) is 4.97. The van der Waals surface area contributed by atoms with E-state index >= 15 is 0 Å². The van der Waals surface area contributed by atoms with Crippen molar-refractivity contribution in [3.8, 4) is 0 Å². The number of hydrogen-bond donors (Lipinski definition) is 1. The van der Waals surface area contributed by atoms with Gasteiger partial charge in [0, 0.05) is 25.3 Å². The van der Waals surface area contributed by atoms with E-state index in [1.807, 2.05) is 7.05 Å². The molecule has 2 fully saturated rings. The Bertz CT molecular complexity index is 464. The van der Waals surface area contributed by atoms with Crippen molar-refractivity contribution in [1.29, 1.82) is 0 Å². The quantitative estimate of drug-likeness (QED) is 0.893. The van der Waals surface area contributed by atoms with Gasteiger partial charge in [-0.25, -0.2) is 0 Å². The van der Waals surface area contributed by atoms with Crippen LogP contribution in [0.15, 0.2) is 18.2 Å². The predicted molar refractivity (Wildman–Crippen MR) is 90.9 cm³/mol. The zero-order valence-corrected chi connectivity index (χ0v) is 13.8. The highest BCUT2D eigenvalue weighted by molar-refractivity contribution is 5.51. The summed E-state index contributed by atoms with van der Waals surface area (Å²) >= 11 is 0. The third-order valence-corrected chi connectivity index (χ3v) is 5.80. The molecular weight excluding hydrogens is 256 g/mol. The third-order valence-electron chi connectivity index (χ3n) is 5.80. The van der Waals surface area contributed by atoms with Gasteiger partial charge >= 0.3 is 0 Å². The Kier molecular flexibility index (Phi) is 4.54. The number of aryl methyl sites for hydroxylation is 1. The van der Waals surface area contributed by atoms with Gasteiger partial charge in [-0.1, -0.05) is 25.3 Å². The van der Waals surface area contributed by atoms with Crippen LogP contribution in [-0.2, 0) is 6.54 Å². The first-order valence-electron chi connectivity index (χ1n) is 8.72. The molecule has 116 valence electrons. The summed E-state index contributed by atoms with van der Waals surface area (Å²) in [5.74, 6) is 0. The van der Waals surface area contributed by atoms with Crippen LogP contribution in [0.1, 0.15) is 56.1 Å². The second-order valence-electron chi connectivity index (χ2n) is 7.19. The van der Waals surface area contributed by atoms with Gasteiger partial charge in [-0.2, -0.15) is 0 Å². The minimum atomic E-state index is 0.704. The molecule has 2 heteroatoms. The Labute approximate surface area is 129 Å². The lowest BCUT2D eigenvalue weighted by molar-refractivity contribution is 0.144. The number of anilines is 1. The van der Waals surface area contributed by atoms with E-state index in [9.17, 15) is 0 Å². The molecule has 0 amide bonds. The van der Waals surface area contributed by atoms with Crippen molar-refractivity contribution in [2.75, 3.05) is 25.0 Å². The fourth-order valence-electron chi connectivity index (χ4n) is 4.31. The maximum Gasteiger partial charge on any atom is 0.0369 e. The summed E-state index contributed by atoms with van der Waals surface area (Å²) in [6.45, 7) is 5.72. The average molecular weight is 286 g/mol. The maximum absolute atomic E-state index is 3.25. The molecule has 0 atom stereocenters. The van der Waals surface area contributed by atoms with Gasteiger partial charge in [0.05, 0.1) is 0 Å². The third kappa shape index (κ3) is 3.26. The standard InChI is InChI=1S/C19H30N2/c1-16-14-18(7-6-17(16)15-20-2)21-12-10-19(11-13-21)8-4-3-5-9-19/h6-7,14,20H,3-5,8-13,15H2,1-2H3. The van der Waals surface area contributed by atoms with Crippen molar-refractivity contribution in [3.05, 3.63) is 29.3 Å². The topological polar surface area (TPSA) is 15.3 Å². The smallest absolute Gasteiger partial charge is 0.0369 e. The monoisotopic (exact) mass is 286 g/mol. The zero-order chi connectivity index (χ0) is 14.7. The van der Waals surface area contributed by atoms with E-state index in [4.69, 9.17) is 0 Å². The summed E-state index contributed by atoms with van der Waals surface area (Å²) < 4.78 is 0. The van der Waals surface area contributed by atoms with Crippen LogP contribution >= 0.6 is 0 Å². The molecule has 1 saturated heterocycles. The van der Waals surface area contributed by atoms with Crippen LogP contribution in [0.5, 0.6) is 0 Å². The van der Waals surface area contributed by atoms with E-state index in [1.54, 1.807) is 0 Å². The highest BCUT2D eigenvalue weighted by Gasteiger charge is 2.35. The van der Waals surface area contributed by atoms with Crippen LogP contribution in [0, 0.1) is 12.3 Å². The fraction of sp³-hybridized carbons (Fsp3) is 0.684. The van der Waals surface area contributed by atoms with Gasteiger partial charge in [-0.3, -0.25) is 0 Å². The SMILES string of the molecule is CNCc1ccc(N2CCC3(CCCCC3)CC2)cc1C. The van der Waals surface area contributed by atoms with Crippen LogP contribution < -0.4 is 10.2 Å². The van der Waals surface area contributed by atoms with Gasteiger partial charge in [-0.05, 0) is 68.3 Å². The zero-order valence-electron chi connectivity index (χ0n) is 13.8. The molecule has 1 N–H and O–H groups in total. The lowest BCUT2D eigenvalue weighted by Gasteiger charge is -2.45. The molecular formula is C19H30N2. The highest BCUT2D eigenvalue weighted by atomic mass is 15.1. The Morgan fingerprint density at radius 3 is 2.38 bits per heavy atom. The van der Waals surface area contributed by atoms with Gasteiger partial charge in [-0.15, -0.1) is 0 Å². The molecule has 0 aromatic heterocycles. The number of hydrogen-bond acceptors (Lipinski definition) is 2. The number of nitrogens with zero attached hydrogens (tertiary/aromatic N) is 1. The second-order valence-corrected chi connectivity index (χ2v) is 7.19. The molecule has 0 bridgehead atoms. The first-order chi connectivity index (χ1) is 10.2. The van der Waals surface area contributed by atoms with Crippen LogP contribution in [0.4, 0.5) is 5.69 Å². The predicted octanol–water partition coefficient (Wildman–Crippen LogP) is 4.27. The molecule has 2 nitrogen and oxygen atoms in total. The van der Waals surface area contributed by atoms with E-state index in [0.717, 1.165) is 6.54 Å². The summed E-state index contributed by atoms with van der Waals surface area (Å²) in [7, 11) is 2.02. The highest BCUT2D eigenvalue weighted by Crippen LogP contribution is 2.45. The summed E-state index contributed by atoms with van der Waals surface area (Å²) in [4.78, 5) is 2.61. The number of piperidine rings is 1. The van der Waals surface area contributed by atoms with Crippen LogP contribution in [0.3, 0.4) is 0 Å². The second kappa shape index (κ2) is 6.39. The van der Waals surface area contributed by atoms with Crippen molar-refractivity contribution in [3.63, 3.8) is 0 Å². The van der Waals surface area contributed by atoms with Gasteiger partial charge in [0.1, 0.15) is 0 Å². The van der Waals surface area contributed by atoms with Gasteiger partial charge < -0.3 is 10.2 Å². The first-order valence-corrected chi connectivity index (χ1v) is 8.72. The molecule has 1 aromatic carbocycles. The minimum absolute atomic E-state index is 0.704. The van der Waals surface area contributed by atoms with E-state index in [0.29, 0.717) is 5.41 Å². The van der Waals surface area contributed by atoms with Gasteiger partial charge in [0.15, 0.2) is 0 Å². The molecule has 1 aliphatic heterocycles. The van der Waals surface area contributed by atoms with E-state index < -0.39 is 0 Å². The van der Waals surface area contributed by atoms with Crippen molar-refractivity contribution in [2.45, 2.75) is 58.4 Å². The van der Waals surface area contributed by atoms with Gasteiger partial charge in [0.25, 0.3) is 0 Å². The van der Waals surface area contributed by atoms with Crippen molar-refractivity contribution in [1.82, 2.24) is 5.32 Å². The van der Waals surface area contributed by atoms with Crippen LogP contribution in [-0.4, -0.2) is 20.1 Å². The molecule has 1 aliphatic carbocycles. The Balaban J connectivity index is 1.65. The van der Waals surface area contributed by atoms with Crippen LogP contribution in [0.25, 0.3) is 0 Å². The molecule has 1 spiro atoms. The first kappa shape index (κ1) is 14.9. The molecule has 0 radical (unpaired) electrons. The van der Waals surface area contributed by atoms with E-state index in [-0.39, 0.29) is 0 Å². The average Bonchev–Trinajstić information content (AvgIpc) is 2.51. The van der Waals surface area contributed by atoms with Crippen molar-refractivity contribution in [2.24, 2.45) is 5.41 Å². The molecule has 1 saturated carbocycles. The minimum Gasteiger partial charge on any atom is -0.371 e. The number of benzene rings is 1. The fourth-order valence-corrected chi connectivity index (χ4v) is 4.31. The normalized spacial score (nSPS) is 21.7. The van der Waals surface area contributed by atoms with E-state index in [2.05, 4.69) is 35.3 Å². The molecule has 3 rings (SSSR count). The molecule has 21 heavy (non-hydrogen) atoms. The maximum atomic E-state index is 3.25. The molecule has 1 heterocycles. The largest absolute Gasteiger partial charge is 0.371 e. The van der Waals surface area contributed by atoms with Crippen LogP contribution in [0.2, 0.25) is 0 Å². The Hall–Kier alpha value is -1.02. The lowest BCUT2D eigenvalue weighted by Crippen LogP contribution is -2.41. The lowest BCUT2D eigenvalue weighted by atomic mass is 9.68.